The molecule has 0 unspecified atom stereocenters. The van der Waals surface area contributed by atoms with Gasteiger partial charge >= 0.3 is 6.18 Å². The maximum atomic E-state index is 12.3. The molecule has 1 aromatic carbocycles. The predicted octanol–water partition coefficient (Wildman–Crippen LogP) is 3.34. The highest BCUT2D eigenvalue weighted by Gasteiger charge is 2.30. The van der Waals surface area contributed by atoms with Crippen molar-refractivity contribution in [3.63, 3.8) is 0 Å². The smallest absolute Gasteiger partial charge is 0.401 e. The summed E-state index contributed by atoms with van der Waals surface area (Å²) in [5.74, 6) is 0.505. The summed E-state index contributed by atoms with van der Waals surface area (Å²) in [5.41, 5.74) is 0. The first-order chi connectivity index (χ1) is 9.31. The number of aliphatic hydroxyl groups is 1. The third kappa shape index (κ3) is 6.78. The second-order valence-electron chi connectivity index (χ2n) is 4.04. The van der Waals surface area contributed by atoms with E-state index in [4.69, 9.17) is 21.4 Å². The van der Waals surface area contributed by atoms with Gasteiger partial charge in [0.05, 0.1) is 17.6 Å². The van der Waals surface area contributed by atoms with Gasteiger partial charge in [-0.15, -0.1) is 0 Å². The normalized spacial score (nSPS) is 11.9. The number of halogens is 5. The minimum atomic E-state index is -4.30. The molecule has 0 saturated heterocycles. The molecule has 0 aliphatic rings. The predicted molar refractivity (Wildman–Crippen MR) is 74.2 cm³/mol. The van der Waals surface area contributed by atoms with Gasteiger partial charge in [0.1, 0.15) is 12.4 Å². The van der Waals surface area contributed by atoms with E-state index < -0.39 is 12.7 Å². The average Bonchev–Trinajstić information content (AvgIpc) is 2.30. The minimum absolute atomic E-state index is 0.0509. The first-order valence-electron chi connectivity index (χ1n) is 5.79. The fraction of sp³-hybridized carbons (Fsp3) is 0.500. The molecule has 0 saturated carbocycles. The second-order valence-corrected chi connectivity index (χ2v) is 5.33. The molecule has 0 aliphatic heterocycles. The van der Waals surface area contributed by atoms with E-state index in [1.165, 1.54) is 0 Å². The molecule has 0 spiro atoms. The zero-order chi connectivity index (χ0) is 15.2. The van der Waals surface area contributed by atoms with Gasteiger partial charge in [0.15, 0.2) is 0 Å². The van der Waals surface area contributed by atoms with Crippen LogP contribution in [0, 0.1) is 0 Å². The fourth-order valence-corrected chi connectivity index (χ4v) is 2.34. The summed E-state index contributed by atoms with van der Waals surface area (Å²) in [7, 11) is 0. The van der Waals surface area contributed by atoms with Crippen LogP contribution in [0.2, 0.25) is 5.02 Å². The molecule has 0 radical (unpaired) electrons. The zero-order valence-electron chi connectivity index (χ0n) is 10.5. The van der Waals surface area contributed by atoms with E-state index in [0.29, 0.717) is 15.2 Å². The average molecular weight is 377 g/mol. The van der Waals surface area contributed by atoms with Crippen LogP contribution in [0.3, 0.4) is 0 Å². The Morgan fingerprint density at radius 3 is 2.55 bits per heavy atom. The quantitative estimate of drug-likeness (QED) is 0.792. The SMILES string of the molecule is OCCN(CCOc1ccc(Cl)cc1Br)CC(F)(F)F. The molecule has 0 fully saturated rings. The lowest BCUT2D eigenvalue weighted by Crippen LogP contribution is -2.38. The molecule has 0 amide bonds. The van der Waals surface area contributed by atoms with Crippen LogP contribution < -0.4 is 4.74 Å². The van der Waals surface area contributed by atoms with Gasteiger partial charge in [-0.2, -0.15) is 13.2 Å². The number of ether oxygens (including phenoxy) is 1. The molecule has 1 N–H and O–H groups in total. The zero-order valence-corrected chi connectivity index (χ0v) is 12.8. The van der Waals surface area contributed by atoms with Gasteiger partial charge in [0, 0.05) is 18.1 Å². The van der Waals surface area contributed by atoms with Crippen LogP contribution in [0.25, 0.3) is 0 Å². The molecule has 114 valence electrons. The van der Waals surface area contributed by atoms with E-state index >= 15 is 0 Å². The summed E-state index contributed by atoms with van der Waals surface area (Å²) < 4.78 is 42.9. The Bertz CT molecular complexity index is 432. The van der Waals surface area contributed by atoms with Crippen LogP contribution in [-0.4, -0.2) is 49.0 Å². The Morgan fingerprint density at radius 2 is 2.00 bits per heavy atom. The van der Waals surface area contributed by atoms with Crippen molar-refractivity contribution in [1.29, 1.82) is 0 Å². The van der Waals surface area contributed by atoms with Crippen LogP contribution in [0.5, 0.6) is 5.75 Å². The van der Waals surface area contributed by atoms with Crippen LogP contribution in [0.1, 0.15) is 0 Å². The van der Waals surface area contributed by atoms with Crippen molar-refractivity contribution in [3.05, 3.63) is 27.7 Å². The highest BCUT2D eigenvalue weighted by Crippen LogP contribution is 2.27. The van der Waals surface area contributed by atoms with Crippen molar-refractivity contribution < 1.29 is 23.0 Å². The molecule has 0 atom stereocenters. The van der Waals surface area contributed by atoms with Crippen LogP contribution >= 0.6 is 27.5 Å². The Morgan fingerprint density at radius 1 is 1.30 bits per heavy atom. The van der Waals surface area contributed by atoms with E-state index in [1.807, 2.05) is 0 Å². The Kier molecular flexibility index (Phi) is 7.08. The molecule has 0 heterocycles. The largest absolute Gasteiger partial charge is 0.491 e. The van der Waals surface area contributed by atoms with Crippen molar-refractivity contribution >= 4 is 27.5 Å². The van der Waals surface area contributed by atoms with Gasteiger partial charge in [0.2, 0.25) is 0 Å². The number of aliphatic hydroxyl groups excluding tert-OH is 1. The third-order valence-electron chi connectivity index (χ3n) is 2.38. The first-order valence-corrected chi connectivity index (χ1v) is 6.97. The number of rotatable bonds is 7. The van der Waals surface area contributed by atoms with E-state index in [1.54, 1.807) is 18.2 Å². The van der Waals surface area contributed by atoms with Crippen LogP contribution in [-0.2, 0) is 0 Å². The van der Waals surface area contributed by atoms with Gasteiger partial charge in [-0.3, -0.25) is 4.90 Å². The number of nitrogens with zero attached hydrogens (tertiary/aromatic N) is 1. The topological polar surface area (TPSA) is 32.7 Å². The van der Waals surface area contributed by atoms with Crippen molar-refractivity contribution in [3.8, 4) is 5.75 Å². The molecule has 8 heteroatoms. The highest BCUT2D eigenvalue weighted by molar-refractivity contribution is 9.10. The standard InChI is InChI=1S/C12H14BrClF3NO2/c13-10-7-9(14)1-2-11(10)20-6-4-18(3-5-19)8-12(15,16)17/h1-2,7,19H,3-6,8H2. The summed E-state index contributed by atoms with van der Waals surface area (Å²) in [5, 5.41) is 9.28. The van der Waals surface area contributed by atoms with Gasteiger partial charge in [-0.05, 0) is 34.1 Å². The molecular weight excluding hydrogens is 362 g/mol. The van der Waals surface area contributed by atoms with Gasteiger partial charge in [-0.1, -0.05) is 11.6 Å². The monoisotopic (exact) mass is 375 g/mol. The molecule has 0 aliphatic carbocycles. The number of hydrogen-bond donors (Lipinski definition) is 1. The van der Waals surface area contributed by atoms with Crippen LogP contribution in [0.4, 0.5) is 13.2 Å². The first kappa shape index (κ1) is 17.6. The third-order valence-corrected chi connectivity index (χ3v) is 3.23. The summed E-state index contributed by atoms with van der Waals surface area (Å²) in [6.07, 6.45) is -4.30. The van der Waals surface area contributed by atoms with E-state index in [-0.39, 0.29) is 26.3 Å². The minimum Gasteiger partial charge on any atom is -0.491 e. The Hall–Kier alpha value is -0.500. The summed E-state index contributed by atoms with van der Waals surface area (Å²) in [4.78, 5) is 1.09. The molecule has 3 nitrogen and oxygen atoms in total. The summed E-state index contributed by atoms with van der Waals surface area (Å²) in [6, 6.07) is 4.90. The maximum absolute atomic E-state index is 12.3. The molecule has 1 aromatic rings. The van der Waals surface area contributed by atoms with Crippen molar-refractivity contribution in [1.82, 2.24) is 4.90 Å². The van der Waals surface area contributed by atoms with Crippen LogP contribution in [0.15, 0.2) is 22.7 Å². The van der Waals surface area contributed by atoms with E-state index in [2.05, 4.69) is 15.9 Å². The van der Waals surface area contributed by atoms with Gasteiger partial charge in [0.25, 0.3) is 0 Å². The molecular formula is C12H14BrClF3NO2. The lowest BCUT2D eigenvalue weighted by atomic mass is 10.3. The lowest BCUT2D eigenvalue weighted by molar-refractivity contribution is -0.147. The number of benzene rings is 1. The van der Waals surface area contributed by atoms with Crippen molar-refractivity contribution in [2.24, 2.45) is 0 Å². The van der Waals surface area contributed by atoms with Gasteiger partial charge in [-0.25, -0.2) is 0 Å². The number of hydrogen-bond acceptors (Lipinski definition) is 3. The molecule has 20 heavy (non-hydrogen) atoms. The summed E-state index contributed by atoms with van der Waals surface area (Å²) >= 11 is 9.02. The second kappa shape index (κ2) is 8.07. The van der Waals surface area contributed by atoms with E-state index in [9.17, 15) is 13.2 Å². The highest BCUT2D eigenvalue weighted by atomic mass is 79.9. The Labute approximate surface area is 128 Å². The van der Waals surface area contributed by atoms with Crippen molar-refractivity contribution in [2.45, 2.75) is 6.18 Å². The fourth-order valence-electron chi connectivity index (χ4n) is 1.54. The molecule has 0 aromatic heterocycles. The molecule has 1 rings (SSSR count). The Balaban J connectivity index is 2.47. The molecule has 0 bridgehead atoms. The van der Waals surface area contributed by atoms with E-state index in [0.717, 1.165) is 4.90 Å². The van der Waals surface area contributed by atoms with Gasteiger partial charge < -0.3 is 9.84 Å². The maximum Gasteiger partial charge on any atom is 0.401 e. The number of alkyl halides is 3. The lowest BCUT2D eigenvalue weighted by Gasteiger charge is -2.22. The van der Waals surface area contributed by atoms with Crippen molar-refractivity contribution in [2.75, 3.05) is 32.8 Å². The summed E-state index contributed by atoms with van der Waals surface area (Å²) in [6.45, 7) is -1.31.